The number of nitrogens with zero attached hydrogens (tertiary/aromatic N) is 4. The van der Waals surface area contributed by atoms with Crippen molar-refractivity contribution < 1.29 is 13.9 Å². The van der Waals surface area contributed by atoms with Crippen molar-refractivity contribution in [3.05, 3.63) is 53.4 Å². The van der Waals surface area contributed by atoms with Crippen LogP contribution < -0.4 is 4.74 Å². The zero-order valence-electron chi connectivity index (χ0n) is 16.8. The third kappa shape index (κ3) is 4.72. The van der Waals surface area contributed by atoms with Gasteiger partial charge < -0.3 is 9.64 Å². The maximum atomic E-state index is 13.0. The molecule has 1 atom stereocenters. The summed E-state index contributed by atoms with van der Waals surface area (Å²) in [7, 11) is 0. The smallest absolute Gasteiger partial charge is 0.220 e. The van der Waals surface area contributed by atoms with Crippen molar-refractivity contribution in [3.63, 3.8) is 0 Å². The van der Waals surface area contributed by atoms with Gasteiger partial charge in [-0.1, -0.05) is 0 Å². The van der Waals surface area contributed by atoms with Gasteiger partial charge in [-0.25, -0.2) is 14.4 Å². The lowest BCUT2D eigenvalue weighted by molar-refractivity contribution is -0.132. The fraction of sp³-hybridized carbons (Fsp3) is 0.500. The lowest BCUT2D eigenvalue weighted by Gasteiger charge is -2.35. The van der Waals surface area contributed by atoms with E-state index in [1.165, 1.54) is 12.1 Å². The van der Waals surface area contributed by atoms with Gasteiger partial charge in [-0.15, -0.1) is 0 Å². The number of carbonyl (C=O) groups is 1. The second-order valence-electron chi connectivity index (χ2n) is 7.75. The molecular weight excluding hydrogens is 371 g/mol. The summed E-state index contributed by atoms with van der Waals surface area (Å²) in [5.74, 6) is 1.30. The van der Waals surface area contributed by atoms with E-state index in [-0.39, 0.29) is 17.8 Å². The maximum Gasteiger partial charge on any atom is 0.220 e. The molecule has 7 heteroatoms. The molecule has 3 heterocycles. The Morgan fingerprint density at radius 1 is 1.24 bits per heavy atom. The highest BCUT2D eigenvalue weighted by Crippen LogP contribution is 2.30. The first-order chi connectivity index (χ1) is 14.1. The lowest BCUT2D eigenvalue weighted by Crippen LogP contribution is -2.38. The topological polar surface area (TPSA) is 58.6 Å². The number of hydrogen-bond acceptors (Lipinski definition) is 5. The molecule has 0 spiro atoms. The normalized spacial score (nSPS) is 19.7. The summed E-state index contributed by atoms with van der Waals surface area (Å²) in [6.07, 6.45) is 5.89. The minimum atomic E-state index is -0.260. The Labute approximate surface area is 170 Å². The molecule has 1 aromatic carbocycles. The van der Waals surface area contributed by atoms with Gasteiger partial charge in [0.1, 0.15) is 18.2 Å². The number of fused-ring (bicyclic) bond motifs is 1. The standard InChI is InChI=1S/C22H27FN4O2/c1-16(28)27-10-3-2-4-21(27)22-24-14-17-15-26(11-9-20(17)25-22)12-13-29-19-7-5-18(23)6-8-19/h5-8,14,21H,2-4,9-13,15H2,1H3. The van der Waals surface area contributed by atoms with Crippen LogP contribution in [0.3, 0.4) is 0 Å². The number of amides is 1. The number of piperidine rings is 1. The highest BCUT2D eigenvalue weighted by Gasteiger charge is 2.29. The molecule has 4 rings (SSSR count). The van der Waals surface area contributed by atoms with Gasteiger partial charge >= 0.3 is 0 Å². The molecule has 0 saturated carbocycles. The van der Waals surface area contributed by atoms with Crippen LogP contribution in [0.4, 0.5) is 4.39 Å². The van der Waals surface area contributed by atoms with Crippen LogP contribution in [0.1, 0.15) is 49.3 Å². The van der Waals surface area contributed by atoms with Crippen molar-refractivity contribution in [2.45, 2.75) is 45.2 Å². The summed E-state index contributed by atoms with van der Waals surface area (Å²) >= 11 is 0. The number of carbonyl (C=O) groups excluding carboxylic acids is 1. The third-order valence-corrected chi connectivity index (χ3v) is 5.73. The minimum absolute atomic E-state index is 0.00805. The van der Waals surface area contributed by atoms with E-state index in [0.717, 1.165) is 68.9 Å². The number of benzene rings is 1. The third-order valence-electron chi connectivity index (χ3n) is 5.73. The molecule has 0 radical (unpaired) electrons. The van der Waals surface area contributed by atoms with E-state index in [2.05, 4.69) is 9.88 Å². The first-order valence-corrected chi connectivity index (χ1v) is 10.3. The molecule has 2 aliphatic rings. The van der Waals surface area contributed by atoms with E-state index in [4.69, 9.17) is 9.72 Å². The lowest BCUT2D eigenvalue weighted by atomic mass is 10.0. The summed E-state index contributed by atoms with van der Waals surface area (Å²) in [4.78, 5) is 25.7. The van der Waals surface area contributed by atoms with Crippen molar-refractivity contribution in [2.75, 3.05) is 26.2 Å². The van der Waals surface area contributed by atoms with Gasteiger partial charge in [-0.05, 0) is 43.5 Å². The van der Waals surface area contributed by atoms with E-state index in [0.29, 0.717) is 12.4 Å². The van der Waals surface area contributed by atoms with Crippen molar-refractivity contribution in [3.8, 4) is 5.75 Å². The predicted octanol–water partition coefficient (Wildman–Crippen LogP) is 3.13. The van der Waals surface area contributed by atoms with Gasteiger partial charge in [0, 0.05) is 57.0 Å². The van der Waals surface area contributed by atoms with Crippen LogP contribution >= 0.6 is 0 Å². The predicted molar refractivity (Wildman–Crippen MR) is 107 cm³/mol. The van der Waals surface area contributed by atoms with Crippen molar-refractivity contribution >= 4 is 5.91 Å². The molecule has 154 valence electrons. The maximum absolute atomic E-state index is 13.0. The molecule has 1 saturated heterocycles. The van der Waals surface area contributed by atoms with Crippen molar-refractivity contribution in [1.29, 1.82) is 0 Å². The highest BCUT2D eigenvalue weighted by molar-refractivity contribution is 5.73. The van der Waals surface area contributed by atoms with Crippen LogP contribution in [0.5, 0.6) is 5.75 Å². The van der Waals surface area contributed by atoms with Crippen LogP contribution in [0, 0.1) is 5.82 Å². The number of likely N-dealkylation sites (tertiary alicyclic amines) is 1. The van der Waals surface area contributed by atoms with E-state index < -0.39 is 0 Å². The van der Waals surface area contributed by atoms with Crippen LogP contribution in [-0.2, 0) is 17.8 Å². The van der Waals surface area contributed by atoms with Crippen LogP contribution in [0.2, 0.25) is 0 Å². The molecule has 1 fully saturated rings. The minimum Gasteiger partial charge on any atom is -0.492 e. The quantitative estimate of drug-likeness (QED) is 0.775. The monoisotopic (exact) mass is 398 g/mol. The molecule has 1 unspecified atom stereocenters. The second kappa shape index (κ2) is 8.86. The number of halogens is 1. The van der Waals surface area contributed by atoms with Crippen molar-refractivity contribution in [2.24, 2.45) is 0 Å². The fourth-order valence-electron chi connectivity index (χ4n) is 4.14. The zero-order valence-corrected chi connectivity index (χ0v) is 16.8. The Morgan fingerprint density at radius 3 is 2.86 bits per heavy atom. The molecule has 1 amide bonds. The van der Waals surface area contributed by atoms with Crippen LogP contribution in [0.25, 0.3) is 0 Å². The Bertz CT molecular complexity index is 858. The van der Waals surface area contributed by atoms with Crippen molar-refractivity contribution in [1.82, 2.24) is 19.8 Å². The number of hydrogen-bond donors (Lipinski definition) is 0. The van der Waals surface area contributed by atoms with E-state index in [1.807, 2.05) is 11.1 Å². The Kier molecular flexibility index (Phi) is 6.04. The second-order valence-corrected chi connectivity index (χ2v) is 7.75. The van der Waals surface area contributed by atoms with Gasteiger partial charge in [0.15, 0.2) is 5.82 Å². The summed E-state index contributed by atoms with van der Waals surface area (Å²) in [6, 6.07) is 6.10. The van der Waals surface area contributed by atoms with E-state index in [1.54, 1.807) is 19.1 Å². The highest BCUT2D eigenvalue weighted by atomic mass is 19.1. The van der Waals surface area contributed by atoms with Gasteiger partial charge in [0.2, 0.25) is 5.91 Å². The molecule has 1 aromatic heterocycles. The summed E-state index contributed by atoms with van der Waals surface area (Å²) in [5, 5.41) is 0. The first-order valence-electron chi connectivity index (χ1n) is 10.3. The van der Waals surface area contributed by atoms with Crippen LogP contribution in [0.15, 0.2) is 30.5 Å². The summed E-state index contributed by atoms with van der Waals surface area (Å²) in [6.45, 7) is 5.47. The van der Waals surface area contributed by atoms with E-state index in [9.17, 15) is 9.18 Å². The molecular formula is C22H27FN4O2. The van der Waals surface area contributed by atoms with Gasteiger partial charge in [0.05, 0.1) is 6.04 Å². The molecule has 29 heavy (non-hydrogen) atoms. The average Bonchev–Trinajstić information content (AvgIpc) is 2.74. The number of rotatable bonds is 5. The molecule has 0 bridgehead atoms. The average molecular weight is 398 g/mol. The fourth-order valence-corrected chi connectivity index (χ4v) is 4.14. The zero-order chi connectivity index (χ0) is 20.2. The van der Waals surface area contributed by atoms with E-state index >= 15 is 0 Å². The Morgan fingerprint density at radius 2 is 2.07 bits per heavy atom. The van der Waals surface area contributed by atoms with Gasteiger partial charge in [-0.3, -0.25) is 9.69 Å². The van der Waals surface area contributed by atoms with Gasteiger partial charge in [0.25, 0.3) is 0 Å². The Hall–Kier alpha value is -2.54. The Balaban J connectivity index is 1.35. The first kappa shape index (κ1) is 19.8. The molecule has 6 nitrogen and oxygen atoms in total. The molecule has 2 aromatic rings. The van der Waals surface area contributed by atoms with Gasteiger partial charge in [-0.2, -0.15) is 0 Å². The molecule has 2 aliphatic heterocycles. The summed E-state index contributed by atoms with van der Waals surface area (Å²) < 4.78 is 18.7. The molecule has 0 aliphatic carbocycles. The number of aromatic nitrogens is 2. The van der Waals surface area contributed by atoms with Crippen LogP contribution in [-0.4, -0.2) is 51.9 Å². The largest absolute Gasteiger partial charge is 0.492 e. The summed E-state index contributed by atoms with van der Waals surface area (Å²) in [5.41, 5.74) is 2.24. The molecule has 0 N–H and O–H groups in total. The number of ether oxygens (including phenoxy) is 1. The SMILES string of the molecule is CC(=O)N1CCCCC1c1ncc2c(n1)CCN(CCOc1ccc(F)cc1)C2.